The Morgan fingerprint density at radius 1 is 1.07 bits per heavy atom. The lowest BCUT2D eigenvalue weighted by molar-refractivity contribution is 0.324. The summed E-state index contributed by atoms with van der Waals surface area (Å²) in [6, 6.07) is 7.36. The minimum atomic E-state index is 0.518. The number of hydrogen-bond donors (Lipinski definition) is 2. The Morgan fingerprint density at radius 3 is 2.50 bits per heavy atom. The van der Waals surface area contributed by atoms with Gasteiger partial charge in [-0.25, -0.2) is 4.98 Å². The standard InChI is InChI=1S/C21H23N5O4/c1-27-16-9-12(10-17(28-2)20(16)29-3)15-11-14-19(30-15)13(6-8-23-14)21-24-18(25-26-21)5-4-7-22/h6,8-11H,4-5,7,22H2,1-3H3,(H,24,25,26). The van der Waals surface area contributed by atoms with Gasteiger partial charge in [-0.05, 0) is 31.2 Å². The highest BCUT2D eigenvalue weighted by Gasteiger charge is 2.19. The summed E-state index contributed by atoms with van der Waals surface area (Å²) in [5.41, 5.74) is 8.41. The number of H-pyrrole nitrogens is 1. The van der Waals surface area contributed by atoms with Crippen LogP contribution in [-0.2, 0) is 6.42 Å². The molecule has 0 saturated carbocycles. The maximum atomic E-state index is 6.17. The van der Waals surface area contributed by atoms with E-state index in [1.807, 2.05) is 24.3 Å². The van der Waals surface area contributed by atoms with Gasteiger partial charge in [0.05, 0.1) is 26.9 Å². The van der Waals surface area contributed by atoms with Crippen molar-refractivity contribution in [2.24, 2.45) is 5.73 Å². The molecule has 30 heavy (non-hydrogen) atoms. The largest absolute Gasteiger partial charge is 0.493 e. The Balaban J connectivity index is 1.78. The molecular weight excluding hydrogens is 386 g/mol. The molecule has 0 radical (unpaired) electrons. The van der Waals surface area contributed by atoms with E-state index in [-0.39, 0.29) is 0 Å². The maximum Gasteiger partial charge on any atom is 0.203 e. The van der Waals surface area contributed by atoms with Crippen LogP contribution in [0.15, 0.2) is 34.9 Å². The van der Waals surface area contributed by atoms with E-state index in [1.165, 1.54) is 0 Å². The molecule has 0 unspecified atom stereocenters. The fourth-order valence-electron chi connectivity index (χ4n) is 3.28. The molecule has 156 valence electrons. The minimum absolute atomic E-state index is 0.518. The number of pyridine rings is 1. The zero-order valence-corrected chi connectivity index (χ0v) is 17.1. The second-order valence-corrected chi connectivity index (χ2v) is 6.60. The molecule has 9 nitrogen and oxygen atoms in total. The first-order valence-corrected chi connectivity index (χ1v) is 9.49. The summed E-state index contributed by atoms with van der Waals surface area (Å²) in [4.78, 5) is 8.99. The van der Waals surface area contributed by atoms with E-state index in [9.17, 15) is 0 Å². The van der Waals surface area contributed by atoms with Crippen molar-refractivity contribution in [3.05, 3.63) is 36.3 Å². The van der Waals surface area contributed by atoms with Gasteiger partial charge < -0.3 is 24.4 Å². The molecule has 0 aliphatic rings. The molecule has 0 atom stereocenters. The van der Waals surface area contributed by atoms with Gasteiger partial charge in [0.2, 0.25) is 5.75 Å². The summed E-state index contributed by atoms with van der Waals surface area (Å²) < 4.78 is 22.5. The topological polar surface area (TPSA) is 121 Å². The predicted molar refractivity (Wildman–Crippen MR) is 112 cm³/mol. The number of benzene rings is 1. The van der Waals surface area contributed by atoms with E-state index >= 15 is 0 Å². The molecule has 0 spiro atoms. The molecule has 4 rings (SSSR count). The molecule has 3 aromatic heterocycles. The van der Waals surface area contributed by atoms with E-state index in [0.29, 0.717) is 46.5 Å². The number of nitrogens with two attached hydrogens (primary N) is 1. The molecule has 0 amide bonds. The van der Waals surface area contributed by atoms with Gasteiger partial charge in [0.15, 0.2) is 22.9 Å². The second-order valence-electron chi connectivity index (χ2n) is 6.60. The van der Waals surface area contributed by atoms with Gasteiger partial charge in [-0.1, -0.05) is 0 Å². The van der Waals surface area contributed by atoms with E-state index in [1.54, 1.807) is 27.5 Å². The fourth-order valence-corrected chi connectivity index (χ4v) is 3.28. The van der Waals surface area contributed by atoms with Crippen molar-refractivity contribution in [3.63, 3.8) is 0 Å². The van der Waals surface area contributed by atoms with Crippen LogP contribution >= 0.6 is 0 Å². The molecular formula is C21H23N5O4. The number of nitrogens with one attached hydrogen (secondary N) is 1. The molecule has 3 heterocycles. The van der Waals surface area contributed by atoms with Crippen LogP contribution in [0.4, 0.5) is 0 Å². The maximum absolute atomic E-state index is 6.17. The van der Waals surface area contributed by atoms with Gasteiger partial charge in [0.1, 0.15) is 17.1 Å². The van der Waals surface area contributed by atoms with Gasteiger partial charge >= 0.3 is 0 Å². The summed E-state index contributed by atoms with van der Waals surface area (Å²) in [5, 5.41) is 7.29. The predicted octanol–water partition coefficient (Wildman–Crippen LogP) is 3.20. The van der Waals surface area contributed by atoms with Crippen LogP contribution in [0.25, 0.3) is 33.8 Å². The van der Waals surface area contributed by atoms with E-state index < -0.39 is 0 Å². The highest BCUT2D eigenvalue weighted by molar-refractivity contribution is 5.90. The molecule has 3 N–H and O–H groups in total. The molecule has 0 saturated heterocycles. The quantitative estimate of drug-likeness (QED) is 0.455. The number of hydrogen-bond acceptors (Lipinski definition) is 8. The average molecular weight is 409 g/mol. The van der Waals surface area contributed by atoms with Gasteiger partial charge in [0.25, 0.3) is 0 Å². The van der Waals surface area contributed by atoms with Gasteiger partial charge in [-0.2, -0.15) is 5.10 Å². The van der Waals surface area contributed by atoms with Crippen LogP contribution in [0.1, 0.15) is 12.2 Å². The van der Waals surface area contributed by atoms with Crippen molar-refractivity contribution in [1.29, 1.82) is 0 Å². The Morgan fingerprint density at radius 2 is 1.83 bits per heavy atom. The molecule has 9 heteroatoms. The molecule has 0 fully saturated rings. The average Bonchev–Trinajstić information content (AvgIpc) is 3.43. The third kappa shape index (κ3) is 3.55. The second kappa shape index (κ2) is 8.42. The fraction of sp³-hybridized carbons (Fsp3) is 0.286. The lowest BCUT2D eigenvalue weighted by Gasteiger charge is -2.13. The van der Waals surface area contributed by atoms with Crippen LogP contribution in [0, 0.1) is 0 Å². The number of methoxy groups -OCH3 is 3. The lowest BCUT2D eigenvalue weighted by atomic mass is 10.1. The van der Waals surface area contributed by atoms with E-state index in [0.717, 1.165) is 29.8 Å². The number of nitrogens with zero attached hydrogens (tertiary/aromatic N) is 3. The van der Waals surface area contributed by atoms with Crippen LogP contribution in [0.2, 0.25) is 0 Å². The molecule has 1 aromatic carbocycles. The highest BCUT2D eigenvalue weighted by atomic mass is 16.5. The summed E-state index contributed by atoms with van der Waals surface area (Å²) in [6.45, 7) is 0.603. The number of furan rings is 1. The monoisotopic (exact) mass is 409 g/mol. The van der Waals surface area contributed by atoms with E-state index in [2.05, 4.69) is 20.2 Å². The van der Waals surface area contributed by atoms with E-state index in [4.69, 9.17) is 24.4 Å². The zero-order valence-electron chi connectivity index (χ0n) is 17.1. The zero-order chi connectivity index (χ0) is 21.1. The first-order valence-electron chi connectivity index (χ1n) is 9.49. The molecule has 4 aromatic rings. The number of fused-ring (bicyclic) bond motifs is 1. The first kappa shape index (κ1) is 19.7. The number of rotatable bonds is 8. The van der Waals surface area contributed by atoms with Crippen molar-refractivity contribution in [3.8, 4) is 40.0 Å². The molecule has 0 bridgehead atoms. The van der Waals surface area contributed by atoms with Gasteiger partial charge in [0, 0.05) is 24.2 Å². The third-order valence-electron chi connectivity index (χ3n) is 4.75. The van der Waals surface area contributed by atoms with Crippen LogP contribution in [0.3, 0.4) is 0 Å². The van der Waals surface area contributed by atoms with Gasteiger partial charge in [-0.3, -0.25) is 10.1 Å². The SMILES string of the molecule is COc1cc(-c2cc3nccc(-c4n[nH]c(CCCN)n4)c3o2)cc(OC)c1OC. The molecule has 0 aliphatic carbocycles. The minimum Gasteiger partial charge on any atom is -0.493 e. The smallest absolute Gasteiger partial charge is 0.203 e. The van der Waals surface area contributed by atoms with Crippen LogP contribution < -0.4 is 19.9 Å². The number of aromatic nitrogens is 4. The summed E-state index contributed by atoms with van der Waals surface area (Å²) >= 11 is 0. The highest BCUT2D eigenvalue weighted by Crippen LogP contribution is 2.42. The molecule has 0 aliphatic heterocycles. The summed E-state index contributed by atoms with van der Waals surface area (Å²) in [6.07, 6.45) is 3.29. The Kier molecular flexibility index (Phi) is 5.53. The Labute approximate surface area is 173 Å². The summed E-state index contributed by atoms with van der Waals surface area (Å²) in [7, 11) is 4.71. The third-order valence-corrected chi connectivity index (χ3v) is 4.75. The summed E-state index contributed by atoms with van der Waals surface area (Å²) in [5.74, 6) is 3.56. The van der Waals surface area contributed by atoms with Crippen molar-refractivity contribution < 1.29 is 18.6 Å². The van der Waals surface area contributed by atoms with Crippen molar-refractivity contribution in [2.75, 3.05) is 27.9 Å². The Bertz CT molecular complexity index is 1140. The van der Waals surface area contributed by atoms with Gasteiger partial charge in [-0.15, -0.1) is 0 Å². The van der Waals surface area contributed by atoms with Crippen molar-refractivity contribution in [2.45, 2.75) is 12.8 Å². The lowest BCUT2D eigenvalue weighted by Crippen LogP contribution is -2.01. The number of aryl methyl sites for hydroxylation is 1. The Hall–Kier alpha value is -3.59. The first-order chi connectivity index (χ1) is 14.7. The number of aromatic amines is 1. The number of ether oxygens (including phenoxy) is 3. The van der Waals surface area contributed by atoms with Crippen molar-refractivity contribution in [1.82, 2.24) is 20.2 Å². The van der Waals surface area contributed by atoms with Crippen molar-refractivity contribution >= 4 is 11.1 Å². The van der Waals surface area contributed by atoms with Crippen LogP contribution in [0.5, 0.6) is 17.2 Å². The normalized spacial score (nSPS) is 11.1. The van der Waals surface area contributed by atoms with Crippen LogP contribution in [-0.4, -0.2) is 48.0 Å².